The summed E-state index contributed by atoms with van der Waals surface area (Å²) in [5.41, 5.74) is 0. The molecule has 0 unspecified atom stereocenters. The maximum absolute atomic E-state index is 5.13. The molecular weight excluding hydrogens is 300 g/mol. The number of rotatable bonds is 8. The number of nitrogens with zero attached hydrogens (tertiary/aromatic N) is 4. The van der Waals surface area contributed by atoms with E-state index in [2.05, 4.69) is 27.3 Å². The van der Waals surface area contributed by atoms with Crippen molar-refractivity contribution in [1.29, 1.82) is 0 Å². The second-order valence-corrected chi connectivity index (χ2v) is 7.32. The van der Waals surface area contributed by atoms with Crippen LogP contribution < -0.4 is 0 Å². The van der Waals surface area contributed by atoms with Crippen molar-refractivity contribution in [2.75, 3.05) is 5.75 Å². The van der Waals surface area contributed by atoms with E-state index >= 15 is 0 Å². The fourth-order valence-corrected chi connectivity index (χ4v) is 4.25. The van der Waals surface area contributed by atoms with E-state index in [4.69, 9.17) is 4.52 Å². The highest BCUT2D eigenvalue weighted by molar-refractivity contribution is 8.02. The molecule has 2 aromatic heterocycles. The summed E-state index contributed by atoms with van der Waals surface area (Å²) in [5, 5.41) is 12.2. The highest BCUT2D eigenvalue weighted by Crippen LogP contribution is 2.30. The fraction of sp³-hybridized carbons (Fsp3) is 0.636. The van der Waals surface area contributed by atoms with E-state index in [0.717, 1.165) is 26.7 Å². The molecule has 0 spiro atoms. The van der Waals surface area contributed by atoms with Crippen molar-refractivity contribution in [2.45, 2.75) is 47.5 Å². The molecule has 0 bridgehead atoms. The summed E-state index contributed by atoms with van der Waals surface area (Å²) in [6, 6.07) is 0. The first-order chi connectivity index (χ1) is 9.31. The molecule has 0 amide bonds. The lowest BCUT2D eigenvalue weighted by Crippen LogP contribution is -1.84. The predicted molar refractivity (Wildman–Crippen MR) is 78.8 cm³/mol. The van der Waals surface area contributed by atoms with Gasteiger partial charge in [-0.25, -0.2) is 0 Å². The highest BCUT2D eigenvalue weighted by atomic mass is 32.2. The Bertz CT molecular complexity index is 500. The third-order valence-corrected chi connectivity index (χ3v) is 5.52. The van der Waals surface area contributed by atoms with E-state index in [-0.39, 0.29) is 0 Å². The first kappa shape index (κ1) is 14.8. The van der Waals surface area contributed by atoms with E-state index in [1.54, 1.807) is 34.9 Å². The van der Waals surface area contributed by atoms with Crippen molar-refractivity contribution in [1.82, 2.24) is 20.3 Å². The summed E-state index contributed by atoms with van der Waals surface area (Å²) >= 11 is 5.00. The monoisotopic (exact) mass is 316 g/mol. The largest absolute Gasteiger partial charge is 0.338 e. The summed E-state index contributed by atoms with van der Waals surface area (Å²) < 4.78 is 7.12. The summed E-state index contributed by atoms with van der Waals surface area (Å²) in [4.78, 5) is 4.26. The Balaban J connectivity index is 1.79. The Morgan fingerprint density at radius 1 is 1.16 bits per heavy atom. The van der Waals surface area contributed by atoms with Crippen molar-refractivity contribution in [3.8, 4) is 0 Å². The SMILES string of the molecule is CCCCSc1nnc(SCc2nc(CC)no2)s1. The zero-order valence-corrected chi connectivity index (χ0v) is 13.4. The molecule has 0 atom stereocenters. The second kappa shape index (κ2) is 7.86. The van der Waals surface area contributed by atoms with Gasteiger partial charge in [-0.2, -0.15) is 4.98 Å². The summed E-state index contributed by atoms with van der Waals surface area (Å²) in [6.07, 6.45) is 3.23. The smallest absolute Gasteiger partial charge is 0.237 e. The van der Waals surface area contributed by atoms with Gasteiger partial charge >= 0.3 is 0 Å². The Morgan fingerprint density at radius 3 is 2.63 bits per heavy atom. The number of aromatic nitrogens is 4. The lowest BCUT2D eigenvalue weighted by atomic mass is 10.4. The number of hydrogen-bond acceptors (Lipinski definition) is 8. The third-order valence-electron chi connectivity index (χ3n) is 2.26. The van der Waals surface area contributed by atoms with Crippen molar-refractivity contribution in [3.63, 3.8) is 0 Å². The van der Waals surface area contributed by atoms with Gasteiger partial charge < -0.3 is 4.52 Å². The molecule has 0 radical (unpaired) electrons. The van der Waals surface area contributed by atoms with Crippen LogP contribution in [0.4, 0.5) is 0 Å². The molecule has 2 heterocycles. The molecule has 0 aliphatic carbocycles. The fourth-order valence-electron chi connectivity index (χ4n) is 1.23. The number of thioether (sulfide) groups is 2. The number of hydrogen-bond donors (Lipinski definition) is 0. The third kappa shape index (κ3) is 4.77. The second-order valence-electron chi connectivity index (χ2n) is 3.78. The van der Waals surface area contributed by atoms with Crippen molar-refractivity contribution in [2.24, 2.45) is 0 Å². The Labute approximate surface area is 125 Å². The molecule has 2 rings (SSSR count). The zero-order valence-electron chi connectivity index (χ0n) is 11.0. The Kier molecular flexibility index (Phi) is 6.12. The lowest BCUT2D eigenvalue weighted by molar-refractivity contribution is 0.385. The van der Waals surface area contributed by atoms with Crippen LogP contribution in [0, 0.1) is 0 Å². The van der Waals surface area contributed by atoms with E-state index < -0.39 is 0 Å². The van der Waals surface area contributed by atoms with Gasteiger partial charge in [-0.1, -0.05) is 60.3 Å². The summed E-state index contributed by atoms with van der Waals surface area (Å²) in [5.74, 6) is 3.17. The van der Waals surface area contributed by atoms with E-state index in [1.165, 1.54) is 12.8 Å². The van der Waals surface area contributed by atoms with Gasteiger partial charge in [-0.05, 0) is 6.42 Å². The Hall–Kier alpha value is -0.600. The molecule has 0 aliphatic rings. The van der Waals surface area contributed by atoms with Crippen LogP contribution in [0.1, 0.15) is 38.4 Å². The van der Waals surface area contributed by atoms with Crippen LogP contribution in [0.25, 0.3) is 0 Å². The molecule has 2 aromatic rings. The lowest BCUT2D eigenvalue weighted by Gasteiger charge is -1.92. The molecule has 0 N–H and O–H groups in total. The quantitative estimate of drug-likeness (QED) is 0.544. The number of unbranched alkanes of at least 4 members (excludes halogenated alkanes) is 1. The van der Waals surface area contributed by atoms with Crippen LogP contribution in [0.15, 0.2) is 13.2 Å². The highest BCUT2D eigenvalue weighted by Gasteiger charge is 2.09. The maximum Gasteiger partial charge on any atom is 0.237 e. The molecular formula is C11H16N4OS3. The van der Waals surface area contributed by atoms with Crippen LogP contribution in [0.5, 0.6) is 0 Å². The van der Waals surface area contributed by atoms with Gasteiger partial charge in [0.15, 0.2) is 14.5 Å². The van der Waals surface area contributed by atoms with Crippen LogP contribution >= 0.6 is 34.9 Å². The molecule has 104 valence electrons. The molecule has 0 aliphatic heterocycles. The molecule has 0 aromatic carbocycles. The minimum atomic E-state index is 0.650. The van der Waals surface area contributed by atoms with Crippen molar-refractivity contribution >= 4 is 34.9 Å². The van der Waals surface area contributed by atoms with Crippen LogP contribution in [-0.4, -0.2) is 26.1 Å². The topological polar surface area (TPSA) is 64.7 Å². The first-order valence-electron chi connectivity index (χ1n) is 6.22. The minimum absolute atomic E-state index is 0.650. The molecule has 19 heavy (non-hydrogen) atoms. The van der Waals surface area contributed by atoms with Gasteiger partial charge in [0.05, 0.1) is 5.75 Å². The van der Waals surface area contributed by atoms with Crippen LogP contribution in [-0.2, 0) is 12.2 Å². The van der Waals surface area contributed by atoms with E-state index in [1.807, 2.05) is 6.92 Å². The molecule has 8 heteroatoms. The van der Waals surface area contributed by atoms with Crippen LogP contribution in [0.3, 0.4) is 0 Å². The molecule has 0 fully saturated rings. The average molecular weight is 316 g/mol. The average Bonchev–Trinajstić information content (AvgIpc) is 3.05. The normalized spacial score (nSPS) is 11.1. The van der Waals surface area contributed by atoms with Gasteiger partial charge in [0.25, 0.3) is 0 Å². The predicted octanol–water partition coefficient (Wildman–Crippen LogP) is 3.67. The standard InChI is InChI=1S/C11H16N4OS3/c1-3-5-6-17-10-13-14-11(19-10)18-7-9-12-8(4-2)15-16-9/h3-7H2,1-2H3. The van der Waals surface area contributed by atoms with Gasteiger partial charge in [0.2, 0.25) is 5.89 Å². The van der Waals surface area contributed by atoms with Crippen molar-refractivity contribution in [3.05, 3.63) is 11.7 Å². The summed E-state index contributed by atoms with van der Waals surface area (Å²) in [7, 11) is 0. The molecule has 5 nitrogen and oxygen atoms in total. The van der Waals surface area contributed by atoms with E-state index in [0.29, 0.717) is 11.6 Å². The zero-order chi connectivity index (χ0) is 13.5. The number of aryl methyl sites for hydroxylation is 1. The van der Waals surface area contributed by atoms with Gasteiger partial charge in [0, 0.05) is 12.2 Å². The Morgan fingerprint density at radius 2 is 1.95 bits per heavy atom. The maximum atomic E-state index is 5.13. The first-order valence-corrected chi connectivity index (χ1v) is 9.01. The van der Waals surface area contributed by atoms with Crippen molar-refractivity contribution < 1.29 is 4.52 Å². The van der Waals surface area contributed by atoms with Gasteiger partial charge in [-0.15, -0.1) is 10.2 Å². The van der Waals surface area contributed by atoms with Gasteiger partial charge in [-0.3, -0.25) is 0 Å². The molecule has 0 saturated carbocycles. The minimum Gasteiger partial charge on any atom is -0.338 e. The van der Waals surface area contributed by atoms with E-state index in [9.17, 15) is 0 Å². The van der Waals surface area contributed by atoms with Crippen LogP contribution in [0.2, 0.25) is 0 Å². The van der Waals surface area contributed by atoms with Gasteiger partial charge in [0.1, 0.15) is 0 Å². The molecule has 0 saturated heterocycles. The summed E-state index contributed by atoms with van der Waals surface area (Å²) in [6.45, 7) is 4.20.